The minimum atomic E-state index is -0.153. The van der Waals surface area contributed by atoms with Crippen LogP contribution >= 0.6 is 0 Å². The molecule has 2 aliphatic heterocycles. The number of aliphatic imine (C=N–C) groups is 1. The van der Waals surface area contributed by atoms with Crippen molar-refractivity contribution in [1.29, 1.82) is 0 Å². The summed E-state index contributed by atoms with van der Waals surface area (Å²) in [5.41, 5.74) is 5.22. The van der Waals surface area contributed by atoms with Crippen molar-refractivity contribution in [1.82, 2.24) is 9.88 Å². The summed E-state index contributed by atoms with van der Waals surface area (Å²) < 4.78 is 11.8. The molecule has 2 aliphatic rings. The van der Waals surface area contributed by atoms with Gasteiger partial charge >= 0.3 is 0 Å². The second kappa shape index (κ2) is 11.2. The zero-order valence-electron chi connectivity index (χ0n) is 21.9. The highest BCUT2D eigenvalue weighted by molar-refractivity contribution is 6.21. The van der Waals surface area contributed by atoms with Crippen LogP contribution in [0.4, 0.5) is 17.4 Å². The van der Waals surface area contributed by atoms with Crippen LogP contribution in [-0.4, -0.2) is 58.7 Å². The van der Waals surface area contributed by atoms with E-state index in [-0.39, 0.29) is 17.6 Å². The lowest BCUT2D eigenvalue weighted by Gasteiger charge is -2.29. The van der Waals surface area contributed by atoms with Gasteiger partial charge in [0.25, 0.3) is 0 Å². The highest BCUT2D eigenvalue weighted by Crippen LogP contribution is 2.42. The van der Waals surface area contributed by atoms with Gasteiger partial charge in [-0.15, -0.1) is 0 Å². The van der Waals surface area contributed by atoms with Crippen LogP contribution in [0, 0.1) is 6.92 Å². The molecule has 38 heavy (non-hydrogen) atoms. The molecule has 0 saturated carbocycles. The summed E-state index contributed by atoms with van der Waals surface area (Å²) >= 11 is 0. The van der Waals surface area contributed by atoms with Crippen molar-refractivity contribution in [2.24, 2.45) is 4.99 Å². The Morgan fingerprint density at radius 3 is 2.87 bits per heavy atom. The number of nitrogens with one attached hydrogen (secondary N) is 1. The van der Waals surface area contributed by atoms with Crippen molar-refractivity contribution in [2.75, 3.05) is 31.6 Å². The van der Waals surface area contributed by atoms with E-state index in [1.165, 1.54) is 5.56 Å². The summed E-state index contributed by atoms with van der Waals surface area (Å²) in [6.07, 6.45) is 7.64. The first-order chi connectivity index (χ1) is 18.4. The van der Waals surface area contributed by atoms with Crippen LogP contribution in [0.1, 0.15) is 47.8 Å². The molecule has 0 bridgehead atoms. The maximum atomic E-state index is 11.1. The van der Waals surface area contributed by atoms with E-state index in [4.69, 9.17) is 9.15 Å². The number of likely N-dealkylation sites (tertiary alicyclic amines) is 1. The van der Waals surface area contributed by atoms with Gasteiger partial charge in [-0.1, -0.05) is 18.7 Å². The van der Waals surface area contributed by atoms with Gasteiger partial charge in [-0.25, -0.2) is 9.98 Å². The Morgan fingerprint density at radius 2 is 2.11 bits per heavy atom. The first-order valence-electron chi connectivity index (χ1n) is 13.1. The molecule has 0 atom stereocenters. The summed E-state index contributed by atoms with van der Waals surface area (Å²) in [6, 6.07) is 10.1. The van der Waals surface area contributed by atoms with Gasteiger partial charge < -0.3 is 29.6 Å². The summed E-state index contributed by atoms with van der Waals surface area (Å²) in [7, 11) is 0. The van der Waals surface area contributed by atoms with Crippen LogP contribution in [-0.2, 0) is 11.2 Å². The maximum Gasteiger partial charge on any atom is 0.213 e. The molecule has 1 fully saturated rings. The molecule has 0 radical (unpaired) electrons. The summed E-state index contributed by atoms with van der Waals surface area (Å²) in [4.78, 5) is 11.0. The normalized spacial score (nSPS) is 16.7. The third-order valence-electron chi connectivity index (χ3n) is 7.03. The number of fused-ring (bicyclic) bond motifs is 1. The van der Waals surface area contributed by atoms with Crippen molar-refractivity contribution < 1.29 is 19.4 Å². The highest BCUT2D eigenvalue weighted by atomic mass is 16.5. The number of nitrogens with zero attached hydrogens (tertiary/aromatic N) is 3. The fourth-order valence-electron chi connectivity index (χ4n) is 4.89. The fourth-order valence-corrected chi connectivity index (χ4v) is 4.89. The Hall–Kier alpha value is -3.88. The van der Waals surface area contributed by atoms with E-state index in [1.807, 2.05) is 32.0 Å². The van der Waals surface area contributed by atoms with E-state index in [2.05, 4.69) is 38.9 Å². The number of piperidine rings is 1. The number of ether oxygens (including phenoxy) is 1. The third-order valence-corrected chi connectivity index (χ3v) is 7.03. The number of aromatic nitrogens is 1. The number of aliphatic hydroxyl groups is 1. The first kappa shape index (κ1) is 25.8. The molecule has 8 nitrogen and oxygen atoms in total. The Labute approximate surface area is 223 Å². The molecule has 0 aliphatic carbocycles. The number of aromatic hydroxyl groups is 1. The summed E-state index contributed by atoms with van der Waals surface area (Å²) in [5.74, 6) is 1.55. The zero-order valence-corrected chi connectivity index (χ0v) is 21.9. The van der Waals surface area contributed by atoms with Gasteiger partial charge in [-0.05, 0) is 68.5 Å². The predicted octanol–water partition coefficient (Wildman–Crippen LogP) is 5.70. The number of furan rings is 1. The monoisotopic (exact) mass is 514 g/mol. The number of hydrogen-bond acceptors (Lipinski definition) is 8. The molecule has 0 unspecified atom stereocenters. The maximum absolute atomic E-state index is 11.1. The largest absolute Gasteiger partial charge is 0.504 e. The lowest BCUT2D eigenvalue weighted by Crippen LogP contribution is -2.37. The van der Waals surface area contributed by atoms with Crippen LogP contribution in [0.2, 0.25) is 0 Å². The minimum absolute atomic E-state index is 0.0508. The molecule has 198 valence electrons. The number of pyridine rings is 1. The molecule has 2 aromatic heterocycles. The molecule has 8 heteroatoms. The Balaban J connectivity index is 1.37. The van der Waals surface area contributed by atoms with Crippen LogP contribution in [0.3, 0.4) is 0 Å². The molecule has 1 saturated heterocycles. The molecule has 1 aromatic carbocycles. The molecule has 5 rings (SSSR count). The van der Waals surface area contributed by atoms with E-state index in [1.54, 1.807) is 18.5 Å². The van der Waals surface area contributed by atoms with Crippen molar-refractivity contribution in [3.63, 3.8) is 0 Å². The lowest BCUT2D eigenvalue weighted by molar-refractivity contribution is 0.0832. The van der Waals surface area contributed by atoms with E-state index in [0.717, 1.165) is 61.3 Å². The fraction of sp³-hybridized carbons (Fsp3) is 0.333. The van der Waals surface area contributed by atoms with E-state index in [9.17, 15) is 10.2 Å². The average Bonchev–Trinajstić information content (AvgIpc) is 3.46. The molecular weight excluding hydrogens is 480 g/mol. The molecule has 3 N–H and O–H groups in total. The van der Waals surface area contributed by atoms with Crippen LogP contribution in [0.25, 0.3) is 17.4 Å². The predicted molar refractivity (Wildman–Crippen MR) is 151 cm³/mol. The number of anilines is 2. The van der Waals surface area contributed by atoms with E-state index >= 15 is 0 Å². The second-order valence-corrected chi connectivity index (χ2v) is 9.70. The summed E-state index contributed by atoms with van der Waals surface area (Å²) in [5, 5.41) is 24.2. The molecule has 4 heterocycles. The van der Waals surface area contributed by atoms with Crippen LogP contribution in [0.5, 0.6) is 5.75 Å². The standard InChI is InChI=1S/C30H34N4O4/c1-4-37-20(3)27-28(36)26(17-22-18-32-29-24(22)6-5-12-31-29)38-30(27)33-25-8-7-21(16-19(25)2)9-13-34-14-10-23(35)11-15-34/h5-8,12,16-18,23,33,35-36H,3-4,9-11,13-15H2,1-2H3. The van der Waals surface area contributed by atoms with Gasteiger partial charge in [0.2, 0.25) is 5.88 Å². The number of allylic oxidation sites excluding steroid dienone is 1. The second-order valence-electron chi connectivity index (χ2n) is 9.70. The van der Waals surface area contributed by atoms with Gasteiger partial charge in [0.1, 0.15) is 11.3 Å². The van der Waals surface area contributed by atoms with Gasteiger partial charge in [0.05, 0.1) is 12.7 Å². The van der Waals surface area contributed by atoms with Crippen molar-refractivity contribution >= 4 is 41.0 Å². The molecule has 0 spiro atoms. The number of benzene rings is 1. The van der Waals surface area contributed by atoms with Crippen molar-refractivity contribution in [3.05, 3.63) is 71.1 Å². The Bertz CT molecular complexity index is 1380. The zero-order chi connectivity index (χ0) is 26.6. The van der Waals surface area contributed by atoms with Crippen molar-refractivity contribution in [3.8, 4) is 5.75 Å². The average molecular weight is 515 g/mol. The molecule has 0 amide bonds. The Morgan fingerprint density at radius 1 is 1.29 bits per heavy atom. The number of aliphatic hydroxyl groups excluding tert-OH is 1. The quantitative estimate of drug-likeness (QED) is 0.315. The minimum Gasteiger partial charge on any atom is -0.504 e. The lowest BCUT2D eigenvalue weighted by atomic mass is 10.0. The number of rotatable bonds is 9. The smallest absolute Gasteiger partial charge is 0.213 e. The van der Waals surface area contributed by atoms with Gasteiger partial charge in [0, 0.05) is 48.9 Å². The van der Waals surface area contributed by atoms with Crippen LogP contribution < -0.4 is 5.32 Å². The Kier molecular flexibility index (Phi) is 7.62. The molecular formula is C30H34N4O4. The van der Waals surface area contributed by atoms with Gasteiger partial charge in [0.15, 0.2) is 17.3 Å². The summed E-state index contributed by atoms with van der Waals surface area (Å²) in [6.45, 7) is 11.2. The van der Waals surface area contributed by atoms with E-state index in [0.29, 0.717) is 29.6 Å². The van der Waals surface area contributed by atoms with Gasteiger partial charge in [-0.3, -0.25) is 0 Å². The van der Waals surface area contributed by atoms with Crippen LogP contribution in [0.15, 0.2) is 52.5 Å². The number of hydrogen-bond donors (Lipinski definition) is 3. The van der Waals surface area contributed by atoms with Gasteiger partial charge in [-0.2, -0.15) is 0 Å². The van der Waals surface area contributed by atoms with E-state index < -0.39 is 0 Å². The topological polar surface area (TPSA) is 103 Å². The number of aryl methyl sites for hydroxylation is 1. The molecule has 3 aromatic rings. The highest BCUT2D eigenvalue weighted by Gasteiger charge is 2.24. The van der Waals surface area contributed by atoms with Crippen molar-refractivity contribution in [2.45, 2.75) is 39.2 Å². The SMILES string of the molecule is C=C(OCC)c1c(Nc2ccc(CCN3CCC(O)CC3)cc2C)oc(C=C2C=Nc3ncccc32)c1O. The first-order valence-corrected chi connectivity index (χ1v) is 13.1. The third kappa shape index (κ3) is 5.51.